The summed E-state index contributed by atoms with van der Waals surface area (Å²) in [6.07, 6.45) is 8.92. The molecule has 166 valence electrons. The second-order valence-electron chi connectivity index (χ2n) is 10.1. The molecule has 0 bridgehead atoms. The average Bonchev–Trinajstić information content (AvgIpc) is 3.24. The Morgan fingerprint density at radius 1 is 1.00 bits per heavy atom. The van der Waals surface area contributed by atoms with Gasteiger partial charge in [-0.05, 0) is 57.1 Å². The van der Waals surface area contributed by atoms with Gasteiger partial charge in [-0.25, -0.2) is 0 Å². The molecule has 4 aliphatic rings. The summed E-state index contributed by atoms with van der Waals surface area (Å²) in [4.78, 5) is 32.2. The normalized spacial score (nSPS) is 33.5. The first-order chi connectivity index (χ1) is 14.6. The molecule has 2 aliphatic carbocycles. The van der Waals surface area contributed by atoms with Crippen LogP contribution in [0.4, 0.5) is 0 Å². The second-order valence-corrected chi connectivity index (χ2v) is 10.1. The van der Waals surface area contributed by atoms with Crippen LogP contribution in [0.5, 0.6) is 0 Å². The molecule has 6 heteroatoms. The Labute approximate surface area is 189 Å². The molecule has 2 saturated carbocycles. The van der Waals surface area contributed by atoms with Gasteiger partial charge in [-0.3, -0.25) is 14.5 Å². The Hall–Kier alpha value is -1.85. The van der Waals surface area contributed by atoms with Crippen LogP contribution in [0.2, 0.25) is 0 Å². The molecule has 5 nitrogen and oxygen atoms in total. The number of carbonyl (C=O) groups excluding carboxylic acids is 2. The zero-order valence-electron chi connectivity index (χ0n) is 18.2. The smallest absolute Gasteiger partial charge is 0.233 e. The minimum Gasteiger partial charge on any atom is -0.357 e. The van der Waals surface area contributed by atoms with Gasteiger partial charge in [0.05, 0.1) is 17.4 Å². The number of likely N-dealkylation sites (tertiary alicyclic amines) is 1. The van der Waals surface area contributed by atoms with Crippen LogP contribution in [0, 0.1) is 11.8 Å². The highest BCUT2D eigenvalue weighted by Gasteiger charge is 2.57. The third kappa shape index (κ3) is 3.07. The van der Waals surface area contributed by atoms with Crippen LogP contribution in [-0.4, -0.2) is 33.8 Å². The largest absolute Gasteiger partial charge is 0.357 e. The highest BCUT2D eigenvalue weighted by atomic mass is 35.5. The zero-order valence-corrected chi connectivity index (χ0v) is 19.0. The van der Waals surface area contributed by atoms with Crippen LogP contribution in [-0.2, 0) is 21.5 Å². The maximum Gasteiger partial charge on any atom is 0.233 e. The lowest BCUT2D eigenvalue weighted by molar-refractivity contribution is -0.143. The van der Waals surface area contributed by atoms with Crippen LogP contribution in [0.15, 0.2) is 24.3 Å². The second kappa shape index (κ2) is 7.63. The summed E-state index contributed by atoms with van der Waals surface area (Å²) in [6, 6.07) is 9.03. The number of hydrogen-bond donors (Lipinski definition) is 2. The van der Waals surface area contributed by atoms with E-state index >= 15 is 0 Å². The molecule has 2 amide bonds. The van der Waals surface area contributed by atoms with Gasteiger partial charge in [-0.15, -0.1) is 12.4 Å². The van der Waals surface area contributed by atoms with E-state index in [4.69, 9.17) is 0 Å². The number of para-hydroxylation sites is 1. The fourth-order valence-corrected chi connectivity index (χ4v) is 7.02. The Balaban J connectivity index is 0.00000204. The Morgan fingerprint density at radius 2 is 1.74 bits per heavy atom. The summed E-state index contributed by atoms with van der Waals surface area (Å²) in [7, 11) is 0. The topological polar surface area (TPSA) is 65.2 Å². The lowest BCUT2D eigenvalue weighted by atomic mass is 9.67. The lowest BCUT2D eigenvalue weighted by Crippen LogP contribution is -2.55. The fourth-order valence-electron chi connectivity index (χ4n) is 7.02. The van der Waals surface area contributed by atoms with E-state index in [1.54, 1.807) is 4.90 Å². The molecule has 1 spiro atoms. The van der Waals surface area contributed by atoms with Crippen LogP contribution >= 0.6 is 12.4 Å². The van der Waals surface area contributed by atoms with Gasteiger partial charge >= 0.3 is 0 Å². The molecule has 31 heavy (non-hydrogen) atoms. The van der Waals surface area contributed by atoms with Crippen LogP contribution in [0.25, 0.3) is 10.9 Å². The number of imide groups is 1. The van der Waals surface area contributed by atoms with Crippen molar-refractivity contribution >= 4 is 35.1 Å². The van der Waals surface area contributed by atoms with Gasteiger partial charge in [0.1, 0.15) is 0 Å². The number of rotatable bonds is 1. The van der Waals surface area contributed by atoms with Crippen molar-refractivity contribution in [3.8, 4) is 0 Å². The summed E-state index contributed by atoms with van der Waals surface area (Å²) in [5, 5.41) is 5.18. The highest BCUT2D eigenvalue weighted by molar-refractivity contribution is 6.05. The number of H-pyrrole nitrogens is 1. The van der Waals surface area contributed by atoms with E-state index in [-0.39, 0.29) is 47.6 Å². The summed E-state index contributed by atoms with van der Waals surface area (Å²) in [5.74, 6) is -0.0664. The van der Waals surface area contributed by atoms with Crippen molar-refractivity contribution in [2.45, 2.75) is 82.3 Å². The van der Waals surface area contributed by atoms with Gasteiger partial charge in [0.15, 0.2) is 0 Å². The number of nitrogens with zero attached hydrogens (tertiary/aromatic N) is 1. The van der Waals surface area contributed by atoms with Crippen molar-refractivity contribution in [1.29, 1.82) is 0 Å². The number of halogens is 1. The molecule has 2 N–H and O–H groups in total. The van der Waals surface area contributed by atoms with E-state index in [0.717, 1.165) is 51.4 Å². The minimum atomic E-state index is -0.230. The van der Waals surface area contributed by atoms with Gasteiger partial charge in [0.25, 0.3) is 0 Å². The van der Waals surface area contributed by atoms with Crippen molar-refractivity contribution in [2.75, 3.05) is 0 Å². The van der Waals surface area contributed by atoms with Gasteiger partial charge < -0.3 is 10.3 Å². The van der Waals surface area contributed by atoms with E-state index in [9.17, 15) is 9.59 Å². The van der Waals surface area contributed by atoms with Gasteiger partial charge in [0.2, 0.25) is 11.8 Å². The molecule has 1 saturated heterocycles. The van der Waals surface area contributed by atoms with Crippen molar-refractivity contribution in [3.63, 3.8) is 0 Å². The van der Waals surface area contributed by atoms with Gasteiger partial charge in [-0.1, -0.05) is 37.5 Å². The molecule has 3 fully saturated rings. The molecule has 3 heterocycles. The molecular formula is C25H32ClN3O2. The molecule has 2 aromatic rings. The third-order valence-electron chi connectivity index (χ3n) is 8.31. The number of carbonyl (C=O) groups is 2. The van der Waals surface area contributed by atoms with E-state index < -0.39 is 0 Å². The molecule has 1 aromatic heterocycles. The first-order valence-corrected chi connectivity index (χ1v) is 11.8. The van der Waals surface area contributed by atoms with Gasteiger partial charge in [-0.2, -0.15) is 0 Å². The average molecular weight is 442 g/mol. The molecule has 2 aliphatic heterocycles. The number of amides is 2. The summed E-state index contributed by atoms with van der Waals surface area (Å²) in [5.41, 5.74) is 3.61. The monoisotopic (exact) mass is 441 g/mol. The number of aromatic amines is 1. The van der Waals surface area contributed by atoms with Crippen molar-refractivity contribution < 1.29 is 9.59 Å². The molecule has 1 aromatic carbocycles. The number of fused-ring (bicyclic) bond motifs is 5. The lowest BCUT2D eigenvalue weighted by Gasteiger charge is -2.46. The maximum atomic E-state index is 13.5. The Morgan fingerprint density at radius 3 is 2.55 bits per heavy atom. The van der Waals surface area contributed by atoms with Crippen LogP contribution < -0.4 is 5.32 Å². The van der Waals surface area contributed by atoms with E-state index in [0.29, 0.717) is 6.04 Å². The zero-order chi connectivity index (χ0) is 20.5. The highest BCUT2D eigenvalue weighted by Crippen LogP contribution is 2.50. The maximum absolute atomic E-state index is 13.5. The Bertz CT molecular complexity index is 1030. The molecular weight excluding hydrogens is 410 g/mol. The van der Waals surface area contributed by atoms with Crippen LogP contribution in [0.1, 0.15) is 69.5 Å². The summed E-state index contributed by atoms with van der Waals surface area (Å²) >= 11 is 0. The molecule has 4 atom stereocenters. The summed E-state index contributed by atoms with van der Waals surface area (Å²) < 4.78 is 0. The first kappa shape index (κ1) is 21.0. The van der Waals surface area contributed by atoms with Gasteiger partial charge in [0, 0.05) is 28.7 Å². The summed E-state index contributed by atoms with van der Waals surface area (Å²) in [6.45, 7) is 2.24. The predicted molar refractivity (Wildman–Crippen MR) is 123 cm³/mol. The van der Waals surface area contributed by atoms with E-state index in [1.807, 2.05) is 0 Å². The predicted octanol–water partition coefficient (Wildman–Crippen LogP) is 4.44. The van der Waals surface area contributed by atoms with E-state index in [1.165, 1.54) is 28.6 Å². The van der Waals surface area contributed by atoms with Crippen molar-refractivity contribution in [3.05, 3.63) is 35.5 Å². The fraction of sp³-hybridized carbons (Fsp3) is 0.600. The number of hydrogen-bond acceptors (Lipinski definition) is 3. The standard InChI is InChI=1S/C25H31N3O2.ClH/c1-15-13-19-17-9-5-6-10-21(17)26-22(19)25(27-15)12-11-18-20(14-25)24(30)28(23(18)29)16-7-3-2-4-8-16;/h5-6,9-10,15-16,18,20,26-27H,2-4,7-8,11-14H2,1H3;1H. The molecule has 4 unspecified atom stereocenters. The Kier molecular flexibility index (Phi) is 5.17. The number of nitrogens with one attached hydrogen (secondary N) is 2. The SMILES string of the molecule is CC1Cc2c([nH]c3ccccc23)C2(CCC3C(=O)N(C4CCCCC4)C(=O)C3C2)N1.Cl. The number of benzene rings is 1. The van der Waals surface area contributed by atoms with Crippen molar-refractivity contribution in [2.24, 2.45) is 11.8 Å². The number of aromatic nitrogens is 1. The van der Waals surface area contributed by atoms with E-state index in [2.05, 4.69) is 41.5 Å². The first-order valence-electron chi connectivity index (χ1n) is 11.8. The minimum absolute atomic E-state index is 0. The third-order valence-corrected chi connectivity index (χ3v) is 8.31. The van der Waals surface area contributed by atoms with Crippen molar-refractivity contribution in [1.82, 2.24) is 15.2 Å². The molecule has 6 rings (SSSR count). The van der Waals surface area contributed by atoms with Crippen LogP contribution in [0.3, 0.4) is 0 Å². The quantitative estimate of drug-likeness (QED) is 0.643. The molecule has 0 radical (unpaired) electrons.